The smallest absolute Gasteiger partial charge is 0.0827 e. The minimum Gasteiger partial charge on any atom is -0.376 e. The Balaban J connectivity index is 2.47. The second kappa shape index (κ2) is 2.16. The molecule has 0 aromatic heterocycles. The normalized spacial score (nSPS) is 36.8. The van der Waals surface area contributed by atoms with Crippen LogP contribution in [0.25, 0.3) is 0 Å². The number of nitrogens with one attached hydrogen (secondary N) is 1. The number of hydrogen-bond donors (Lipinski definition) is 1. The number of aliphatic imine (C=N–C) groups is 1. The number of nitrogens with zero attached hydrogens (tertiary/aromatic N) is 1. The Morgan fingerprint density at radius 2 is 2.38 bits per heavy atom. The van der Waals surface area contributed by atoms with Crippen LogP contribution in [0.2, 0.25) is 0 Å². The first-order chi connectivity index (χ1) is 3.80. The summed E-state index contributed by atoms with van der Waals surface area (Å²) in [6.07, 6.45) is 1.80. The fraction of sp³-hybridized carbons (Fsp3) is 0.833. The molecule has 1 rings (SSSR count). The zero-order valence-electron chi connectivity index (χ0n) is 5.39. The van der Waals surface area contributed by atoms with Crippen molar-refractivity contribution < 1.29 is 0 Å². The highest BCUT2D eigenvalue weighted by Gasteiger charge is 2.11. The first-order valence-corrected chi connectivity index (χ1v) is 3.05. The summed E-state index contributed by atoms with van der Waals surface area (Å²) in [5.41, 5.74) is 0. The maximum atomic E-state index is 4.17. The van der Waals surface area contributed by atoms with Crippen LogP contribution < -0.4 is 5.32 Å². The number of rotatable bonds is 0. The predicted molar refractivity (Wildman–Crippen MR) is 35.1 cm³/mol. The van der Waals surface area contributed by atoms with Crippen LogP contribution in [0.5, 0.6) is 0 Å². The summed E-state index contributed by atoms with van der Waals surface area (Å²) in [4.78, 5) is 4.17. The van der Waals surface area contributed by atoms with Gasteiger partial charge in [0.25, 0.3) is 0 Å². The molecule has 0 spiro atoms. The second-order valence-electron chi connectivity index (χ2n) is 2.40. The van der Waals surface area contributed by atoms with E-state index in [4.69, 9.17) is 0 Å². The molecule has 0 aromatic carbocycles. The van der Waals surface area contributed by atoms with Gasteiger partial charge in [0, 0.05) is 6.54 Å². The predicted octanol–water partition coefficient (Wildman–Crippen LogP) is 0.643. The van der Waals surface area contributed by atoms with Crippen molar-refractivity contribution in [2.24, 2.45) is 10.9 Å². The van der Waals surface area contributed by atoms with Gasteiger partial charge < -0.3 is 5.32 Å². The molecule has 46 valence electrons. The molecule has 1 aliphatic rings. The highest BCUT2D eigenvalue weighted by molar-refractivity contribution is 5.55. The van der Waals surface area contributed by atoms with E-state index in [1.807, 2.05) is 0 Å². The van der Waals surface area contributed by atoms with Crippen LogP contribution >= 0.6 is 0 Å². The van der Waals surface area contributed by atoms with Gasteiger partial charge >= 0.3 is 0 Å². The van der Waals surface area contributed by atoms with Gasteiger partial charge in [-0.1, -0.05) is 6.92 Å². The summed E-state index contributed by atoms with van der Waals surface area (Å²) >= 11 is 0. The van der Waals surface area contributed by atoms with Crippen LogP contribution in [0.1, 0.15) is 13.8 Å². The zero-order valence-corrected chi connectivity index (χ0v) is 5.39. The molecular formula is C6H12N2. The van der Waals surface area contributed by atoms with E-state index in [0.717, 1.165) is 6.54 Å². The van der Waals surface area contributed by atoms with E-state index in [1.165, 1.54) is 0 Å². The topological polar surface area (TPSA) is 24.4 Å². The van der Waals surface area contributed by atoms with Crippen molar-refractivity contribution >= 4 is 6.34 Å². The minimum absolute atomic E-state index is 0.510. The molecule has 0 radical (unpaired) electrons. The van der Waals surface area contributed by atoms with Crippen molar-refractivity contribution in [1.29, 1.82) is 0 Å². The summed E-state index contributed by atoms with van der Waals surface area (Å²) in [6.45, 7) is 5.42. The van der Waals surface area contributed by atoms with E-state index in [-0.39, 0.29) is 0 Å². The molecule has 0 saturated carbocycles. The lowest BCUT2D eigenvalue weighted by Gasteiger charge is -2.19. The highest BCUT2D eigenvalue weighted by Crippen LogP contribution is 2.06. The van der Waals surface area contributed by atoms with Crippen LogP contribution in [0.4, 0.5) is 0 Å². The molecule has 2 atom stereocenters. The zero-order chi connectivity index (χ0) is 5.98. The molecule has 1 heterocycles. The lowest BCUT2D eigenvalue weighted by atomic mass is 10.0. The van der Waals surface area contributed by atoms with E-state index in [1.54, 1.807) is 6.34 Å². The third-order valence-corrected chi connectivity index (χ3v) is 1.66. The van der Waals surface area contributed by atoms with Crippen LogP contribution in [-0.2, 0) is 0 Å². The van der Waals surface area contributed by atoms with Gasteiger partial charge in [-0.05, 0) is 12.8 Å². The average Bonchev–Trinajstić information content (AvgIpc) is 1.77. The van der Waals surface area contributed by atoms with Crippen LogP contribution in [-0.4, -0.2) is 18.9 Å². The maximum Gasteiger partial charge on any atom is 0.0827 e. The third kappa shape index (κ3) is 0.997. The van der Waals surface area contributed by atoms with Gasteiger partial charge in [-0.2, -0.15) is 0 Å². The molecule has 2 unspecified atom stereocenters. The van der Waals surface area contributed by atoms with Gasteiger partial charge in [0.05, 0.1) is 12.4 Å². The summed E-state index contributed by atoms with van der Waals surface area (Å²) < 4.78 is 0. The van der Waals surface area contributed by atoms with Gasteiger partial charge in [0.2, 0.25) is 0 Å². The van der Waals surface area contributed by atoms with Gasteiger partial charge in [-0.25, -0.2) is 0 Å². The Kier molecular flexibility index (Phi) is 1.51. The minimum atomic E-state index is 0.510. The van der Waals surface area contributed by atoms with Crippen molar-refractivity contribution in [2.45, 2.75) is 19.9 Å². The standard InChI is InChI=1S/C6H12N2/c1-5-3-7-4-8-6(5)2/h4-6H,3H2,1-2H3,(H,7,8). The van der Waals surface area contributed by atoms with Crippen molar-refractivity contribution in [3.8, 4) is 0 Å². The van der Waals surface area contributed by atoms with Crippen molar-refractivity contribution in [3.63, 3.8) is 0 Å². The van der Waals surface area contributed by atoms with Crippen molar-refractivity contribution in [2.75, 3.05) is 6.54 Å². The Morgan fingerprint density at radius 1 is 1.62 bits per heavy atom. The monoisotopic (exact) mass is 112 g/mol. The molecule has 0 bridgehead atoms. The fourth-order valence-electron chi connectivity index (χ4n) is 0.726. The molecule has 8 heavy (non-hydrogen) atoms. The van der Waals surface area contributed by atoms with Crippen LogP contribution in [0.3, 0.4) is 0 Å². The first-order valence-electron chi connectivity index (χ1n) is 3.05. The Hall–Kier alpha value is -0.530. The SMILES string of the molecule is CC1CNC=NC1C. The molecule has 0 fully saturated rings. The summed E-state index contributed by atoms with van der Waals surface area (Å²) in [6, 6.07) is 0.510. The quantitative estimate of drug-likeness (QED) is 0.488. The van der Waals surface area contributed by atoms with Crippen LogP contribution in [0, 0.1) is 5.92 Å². The molecule has 1 aliphatic heterocycles. The molecule has 0 amide bonds. The average molecular weight is 112 g/mol. The van der Waals surface area contributed by atoms with E-state index in [9.17, 15) is 0 Å². The Morgan fingerprint density at radius 3 is 2.75 bits per heavy atom. The van der Waals surface area contributed by atoms with Gasteiger partial charge in [-0.3, -0.25) is 4.99 Å². The van der Waals surface area contributed by atoms with E-state index in [2.05, 4.69) is 24.2 Å². The molecule has 0 saturated heterocycles. The Labute approximate surface area is 50.0 Å². The van der Waals surface area contributed by atoms with Crippen LogP contribution in [0.15, 0.2) is 4.99 Å². The number of hydrogen-bond acceptors (Lipinski definition) is 2. The summed E-state index contributed by atoms with van der Waals surface area (Å²) in [5.74, 6) is 0.694. The van der Waals surface area contributed by atoms with Gasteiger partial charge in [0.15, 0.2) is 0 Å². The van der Waals surface area contributed by atoms with Crippen molar-refractivity contribution in [1.82, 2.24) is 5.32 Å². The lowest BCUT2D eigenvalue weighted by molar-refractivity contribution is 0.461. The molecule has 0 aliphatic carbocycles. The maximum absolute atomic E-state index is 4.17. The van der Waals surface area contributed by atoms with Gasteiger partial charge in [-0.15, -0.1) is 0 Å². The molecule has 2 nitrogen and oxygen atoms in total. The molecular weight excluding hydrogens is 100 g/mol. The molecule has 1 N–H and O–H groups in total. The summed E-state index contributed by atoms with van der Waals surface area (Å²) in [7, 11) is 0. The van der Waals surface area contributed by atoms with Crippen molar-refractivity contribution in [3.05, 3.63) is 0 Å². The third-order valence-electron chi connectivity index (χ3n) is 1.66. The largest absolute Gasteiger partial charge is 0.376 e. The van der Waals surface area contributed by atoms with E-state index < -0.39 is 0 Å². The fourth-order valence-corrected chi connectivity index (χ4v) is 0.726. The summed E-state index contributed by atoms with van der Waals surface area (Å²) in [5, 5.41) is 3.07. The Bertz CT molecular complexity index is 98.7. The van der Waals surface area contributed by atoms with E-state index >= 15 is 0 Å². The molecule has 0 aromatic rings. The molecule has 2 heteroatoms. The van der Waals surface area contributed by atoms with Gasteiger partial charge in [0.1, 0.15) is 0 Å². The highest BCUT2D eigenvalue weighted by atomic mass is 15.0. The second-order valence-corrected chi connectivity index (χ2v) is 2.40. The van der Waals surface area contributed by atoms with E-state index in [0.29, 0.717) is 12.0 Å². The lowest BCUT2D eigenvalue weighted by Crippen LogP contribution is -2.31. The first kappa shape index (κ1) is 5.60.